The first-order chi connectivity index (χ1) is 20.6. The SMILES string of the molecule is CCn1cc(S(=O)(=O)N2C[C@H](CCC(C)=O)Oc3ccc(CC(=O)OC(C)(C)C(F)(F)F)cc32)c(OCc2ccccc2)n1. The number of sulfonamides is 1. The molecule has 10 nitrogen and oxygen atoms in total. The Morgan fingerprint density at radius 1 is 1.09 bits per heavy atom. The molecule has 0 unspecified atom stereocenters. The van der Waals surface area contributed by atoms with Crippen molar-refractivity contribution in [2.75, 3.05) is 10.8 Å². The summed E-state index contributed by atoms with van der Waals surface area (Å²) >= 11 is 0. The molecule has 4 rings (SSSR count). The van der Waals surface area contributed by atoms with Crippen molar-refractivity contribution in [3.63, 3.8) is 0 Å². The number of esters is 1. The molecule has 3 aromatic rings. The summed E-state index contributed by atoms with van der Waals surface area (Å²) in [4.78, 5) is 23.9. The van der Waals surface area contributed by atoms with E-state index in [1.807, 2.05) is 30.3 Å². The van der Waals surface area contributed by atoms with Crippen LogP contribution in [0, 0.1) is 0 Å². The third-order valence-electron chi connectivity index (χ3n) is 6.98. The summed E-state index contributed by atoms with van der Waals surface area (Å²) in [6.07, 6.45) is -4.25. The summed E-state index contributed by atoms with van der Waals surface area (Å²) in [7, 11) is -4.37. The highest BCUT2D eigenvalue weighted by Gasteiger charge is 2.50. The van der Waals surface area contributed by atoms with Crippen molar-refractivity contribution in [3.8, 4) is 11.6 Å². The van der Waals surface area contributed by atoms with E-state index < -0.39 is 40.3 Å². The fourth-order valence-electron chi connectivity index (χ4n) is 4.42. The van der Waals surface area contributed by atoms with Gasteiger partial charge in [0.15, 0.2) is 4.90 Å². The number of aryl methyl sites for hydroxylation is 1. The van der Waals surface area contributed by atoms with Crippen molar-refractivity contribution in [1.29, 1.82) is 0 Å². The van der Waals surface area contributed by atoms with Gasteiger partial charge >= 0.3 is 12.1 Å². The van der Waals surface area contributed by atoms with Crippen LogP contribution in [0.3, 0.4) is 0 Å². The molecule has 0 spiro atoms. The summed E-state index contributed by atoms with van der Waals surface area (Å²) in [5.74, 6) is -1.18. The lowest BCUT2D eigenvalue weighted by Gasteiger charge is -2.35. The molecule has 0 saturated heterocycles. The van der Waals surface area contributed by atoms with Crippen molar-refractivity contribution in [1.82, 2.24) is 9.78 Å². The maximum absolute atomic E-state index is 14.3. The van der Waals surface area contributed by atoms with Crippen LogP contribution in [0.5, 0.6) is 11.6 Å². The summed E-state index contributed by atoms with van der Waals surface area (Å²) in [6.45, 7) is 4.95. The largest absolute Gasteiger partial charge is 0.486 e. The van der Waals surface area contributed by atoms with E-state index in [-0.39, 0.29) is 59.6 Å². The van der Waals surface area contributed by atoms with Gasteiger partial charge in [-0.1, -0.05) is 36.4 Å². The van der Waals surface area contributed by atoms with Gasteiger partial charge in [-0.05, 0) is 57.4 Å². The van der Waals surface area contributed by atoms with Crippen LogP contribution < -0.4 is 13.8 Å². The minimum absolute atomic E-state index is 0.0611. The van der Waals surface area contributed by atoms with E-state index in [0.717, 1.165) is 23.7 Å². The van der Waals surface area contributed by atoms with Gasteiger partial charge in [0.1, 0.15) is 24.2 Å². The topological polar surface area (TPSA) is 117 Å². The summed E-state index contributed by atoms with van der Waals surface area (Å²) in [5, 5.41) is 4.31. The number of alkyl halides is 3. The number of carbonyl (C=O) groups is 2. The zero-order valence-electron chi connectivity index (χ0n) is 24.8. The zero-order chi connectivity index (χ0) is 32.3. The molecule has 1 aliphatic rings. The van der Waals surface area contributed by atoms with Crippen molar-refractivity contribution in [2.24, 2.45) is 0 Å². The van der Waals surface area contributed by atoms with E-state index in [1.165, 1.54) is 36.0 Å². The van der Waals surface area contributed by atoms with E-state index in [1.54, 1.807) is 6.92 Å². The van der Waals surface area contributed by atoms with Gasteiger partial charge in [-0.2, -0.15) is 13.2 Å². The van der Waals surface area contributed by atoms with Gasteiger partial charge in [0.05, 0.1) is 18.7 Å². The van der Waals surface area contributed by atoms with Crippen LogP contribution in [-0.2, 0) is 43.9 Å². The highest BCUT2D eigenvalue weighted by Crippen LogP contribution is 2.40. The number of carbonyl (C=O) groups excluding carboxylic acids is 2. The van der Waals surface area contributed by atoms with E-state index in [2.05, 4.69) is 5.10 Å². The number of ether oxygens (including phenoxy) is 3. The van der Waals surface area contributed by atoms with Gasteiger partial charge in [-0.15, -0.1) is 5.10 Å². The van der Waals surface area contributed by atoms with Crippen LogP contribution in [0.15, 0.2) is 59.6 Å². The molecule has 2 aromatic carbocycles. The molecule has 0 N–H and O–H groups in total. The van der Waals surface area contributed by atoms with Crippen LogP contribution in [-0.4, -0.2) is 54.4 Å². The lowest BCUT2D eigenvalue weighted by atomic mass is 10.1. The molecule has 44 heavy (non-hydrogen) atoms. The molecule has 1 aliphatic heterocycles. The van der Waals surface area contributed by atoms with Gasteiger partial charge in [-0.25, -0.2) is 8.42 Å². The van der Waals surface area contributed by atoms with Gasteiger partial charge in [-0.3, -0.25) is 13.8 Å². The Labute approximate surface area is 253 Å². The second-order valence-electron chi connectivity index (χ2n) is 10.9. The van der Waals surface area contributed by atoms with E-state index in [9.17, 15) is 31.2 Å². The van der Waals surface area contributed by atoms with Crippen molar-refractivity contribution in [3.05, 3.63) is 65.9 Å². The van der Waals surface area contributed by atoms with Crippen LogP contribution in [0.2, 0.25) is 0 Å². The standard InChI is InChI=1S/C30H34F3N3O7S/c1-5-35-18-26(28(34-35)41-19-21-9-7-6-8-10-21)44(39,40)36-17-23(13-11-20(2)37)42-25-14-12-22(15-24(25)36)16-27(38)43-29(3,4)30(31,32)33/h6-10,12,14-15,18,23H,5,11,13,16-17,19H2,1-4H3/t23-/m0/s1. The number of halogens is 3. The van der Waals surface area contributed by atoms with Crippen LogP contribution >= 0.6 is 0 Å². The first-order valence-corrected chi connectivity index (χ1v) is 15.4. The summed E-state index contributed by atoms with van der Waals surface area (Å²) in [6, 6.07) is 13.4. The number of ketones is 1. The number of rotatable bonds is 12. The van der Waals surface area contributed by atoms with Crippen LogP contribution in [0.1, 0.15) is 51.7 Å². The molecular formula is C30H34F3N3O7S. The summed E-state index contributed by atoms with van der Waals surface area (Å²) < 4.78 is 87.4. The van der Waals surface area contributed by atoms with Gasteiger partial charge < -0.3 is 19.0 Å². The number of fused-ring (bicyclic) bond motifs is 1. The maximum atomic E-state index is 14.3. The Hall–Kier alpha value is -4.07. The predicted molar refractivity (Wildman–Crippen MR) is 154 cm³/mol. The second-order valence-corrected chi connectivity index (χ2v) is 12.7. The minimum Gasteiger partial charge on any atom is -0.486 e. The highest BCUT2D eigenvalue weighted by molar-refractivity contribution is 7.93. The third-order valence-corrected chi connectivity index (χ3v) is 8.74. The lowest BCUT2D eigenvalue weighted by Crippen LogP contribution is -2.44. The molecule has 14 heteroatoms. The molecule has 0 fully saturated rings. The average molecular weight is 638 g/mol. The van der Waals surface area contributed by atoms with Gasteiger partial charge in [0, 0.05) is 19.2 Å². The zero-order valence-corrected chi connectivity index (χ0v) is 25.6. The molecule has 0 radical (unpaired) electrons. The van der Waals surface area contributed by atoms with E-state index in [0.29, 0.717) is 6.54 Å². The molecule has 0 aliphatic carbocycles. The number of anilines is 1. The maximum Gasteiger partial charge on any atom is 0.427 e. The molecule has 238 valence electrons. The highest BCUT2D eigenvalue weighted by atomic mass is 32.2. The first-order valence-electron chi connectivity index (χ1n) is 13.9. The van der Waals surface area contributed by atoms with E-state index >= 15 is 0 Å². The van der Waals surface area contributed by atoms with Crippen LogP contribution in [0.25, 0.3) is 0 Å². The smallest absolute Gasteiger partial charge is 0.427 e. The molecule has 0 saturated carbocycles. The monoisotopic (exact) mass is 637 g/mol. The van der Waals surface area contributed by atoms with E-state index in [4.69, 9.17) is 14.2 Å². The number of benzene rings is 2. The van der Waals surface area contributed by atoms with Crippen molar-refractivity contribution < 1.29 is 45.4 Å². The third kappa shape index (κ3) is 7.52. The Morgan fingerprint density at radius 2 is 1.80 bits per heavy atom. The lowest BCUT2D eigenvalue weighted by molar-refractivity contribution is -0.257. The number of aromatic nitrogens is 2. The van der Waals surface area contributed by atoms with Crippen LogP contribution in [0.4, 0.5) is 18.9 Å². The number of Topliss-reactive ketones (excluding diaryl/α,β-unsaturated/α-hetero) is 1. The number of hydrogen-bond donors (Lipinski definition) is 0. The van der Waals surface area contributed by atoms with Gasteiger partial charge in [0.2, 0.25) is 5.60 Å². The normalized spacial score (nSPS) is 15.3. The molecule has 2 heterocycles. The number of hydrogen-bond acceptors (Lipinski definition) is 8. The molecular weight excluding hydrogens is 603 g/mol. The molecule has 1 atom stereocenters. The Balaban J connectivity index is 1.69. The Morgan fingerprint density at radius 3 is 2.43 bits per heavy atom. The Bertz CT molecular complexity index is 1610. The number of nitrogens with zero attached hydrogens (tertiary/aromatic N) is 3. The quantitative estimate of drug-likeness (QED) is 0.248. The Kier molecular flexibility index (Phi) is 9.62. The fraction of sp³-hybridized carbons (Fsp3) is 0.433. The van der Waals surface area contributed by atoms with Crippen molar-refractivity contribution >= 4 is 27.5 Å². The average Bonchev–Trinajstić information content (AvgIpc) is 3.38. The second kappa shape index (κ2) is 12.9. The predicted octanol–water partition coefficient (Wildman–Crippen LogP) is 5.23. The fourth-order valence-corrected chi connectivity index (χ4v) is 6.00. The molecule has 1 aromatic heterocycles. The summed E-state index contributed by atoms with van der Waals surface area (Å²) in [5.41, 5.74) is -1.63. The molecule has 0 amide bonds. The van der Waals surface area contributed by atoms with Gasteiger partial charge in [0.25, 0.3) is 15.9 Å². The first kappa shape index (κ1) is 32.8. The van der Waals surface area contributed by atoms with Crippen molar-refractivity contribution in [2.45, 2.75) is 82.9 Å². The molecule has 0 bridgehead atoms. The minimum atomic E-state index is -4.78.